The molecule has 0 bridgehead atoms. The Morgan fingerprint density at radius 2 is 2.06 bits per heavy atom. The third-order valence-corrected chi connectivity index (χ3v) is 3.13. The standard InChI is InChI=1S/C11H14BrN3O2/c12-9-6-13-10(14-7-9)11(16)15-5-8-1-3-17-4-2-8/h6-8H,1-5H2,(H,15,16). The summed E-state index contributed by atoms with van der Waals surface area (Å²) in [6, 6.07) is 0. The van der Waals surface area contributed by atoms with Gasteiger partial charge in [-0.1, -0.05) is 0 Å². The molecule has 0 saturated carbocycles. The second-order valence-corrected chi connectivity index (χ2v) is 4.91. The largest absolute Gasteiger partial charge is 0.381 e. The summed E-state index contributed by atoms with van der Waals surface area (Å²) in [7, 11) is 0. The molecule has 0 aliphatic carbocycles. The van der Waals surface area contributed by atoms with Crippen molar-refractivity contribution in [1.29, 1.82) is 0 Å². The van der Waals surface area contributed by atoms with E-state index < -0.39 is 0 Å². The van der Waals surface area contributed by atoms with Gasteiger partial charge in [-0.25, -0.2) is 9.97 Å². The minimum Gasteiger partial charge on any atom is -0.381 e. The number of carbonyl (C=O) groups excluding carboxylic acids is 1. The van der Waals surface area contributed by atoms with Gasteiger partial charge in [-0.2, -0.15) is 0 Å². The van der Waals surface area contributed by atoms with Crippen molar-refractivity contribution in [2.45, 2.75) is 12.8 Å². The molecule has 1 N–H and O–H groups in total. The van der Waals surface area contributed by atoms with E-state index in [-0.39, 0.29) is 11.7 Å². The first kappa shape index (κ1) is 12.4. The second-order valence-electron chi connectivity index (χ2n) is 3.99. The third-order valence-electron chi connectivity index (χ3n) is 2.72. The van der Waals surface area contributed by atoms with E-state index in [1.54, 1.807) is 12.4 Å². The fraction of sp³-hybridized carbons (Fsp3) is 0.545. The maximum absolute atomic E-state index is 11.7. The molecule has 0 unspecified atom stereocenters. The van der Waals surface area contributed by atoms with Crippen molar-refractivity contribution in [3.63, 3.8) is 0 Å². The highest BCUT2D eigenvalue weighted by atomic mass is 79.9. The van der Waals surface area contributed by atoms with Crippen molar-refractivity contribution < 1.29 is 9.53 Å². The second kappa shape index (κ2) is 6.07. The van der Waals surface area contributed by atoms with Crippen molar-refractivity contribution in [3.8, 4) is 0 Å². The lowest BCUT2D eigenvalue weighted by Gasteiger charge is -2.21. The molecule has 0 aromatic carbocycles. The normalized spacial score (nSPS) is 16.8. The van der Waals surface area contributed by atoms with E-state index in [2.05, 4.69) is 31.2 Å². The van der Waals surface area contributed by atoms with Gasteiger partial charge in [-0.3, -0.25) is 4.79 Å². The Balaban J connectivity index is 1.82. The lowest BCUT2D eigenvalue weighted by Crippen LogP contribution is -2.33. The van der Waals surface area contributed by atoms with Crippen LogP contribution in [0, 0.1) is 5.92 Å². The molecule has 2 rings (SSSR count). The molecule has 5 nitrogen and oxygen atoms in total. The van der Waals surface area contributed by atoms with Crippen LogP contribution in [0.15, 0.2) is 16.9 Å². The van der Waals surface area contributed by atoms with E-state index in [1.807, 2.05) is 0 Å². The molecule has 1 saturated heterocycles. The van der Waals surface area contributed by atoms with Crippen molar-refractivity contribution in [2.24, 2.45) is 5.92 Å². The quantitative estimate of drug-likeness (QED) is 0.916. The van der Waals surface area contributed by atoms with Crippen molar-refractivity contribution >= 4 is 21.8 Å². The van der Waals surface area contributed by atoms with E-state index >= 15 is 0 Å². The molecule has 1 aromatic heterocycles. The van der Waals surface area contributed by atoms with Crippen LogP contribution in [0.2, 0.25) is 0 Å². The van der Waals surface area contributed by atoms with Crippen molar-refractivity contribution in [1.82, 2.24) is 15.3 Å². The lowest BCUT2D eigenvalue weighted by atomic mass is 10.0. The first-order valence-corrected chi connectivity index (χ1v) is 6.38. The highest BCUT2D eigenvalue weighted by molar-refractivity contribution is 9.10. The van der Waals surface area contributed by atoms with Crippen molar-refractivity contribution in [2.75, 3.05) is 19.8 Å². The Kier molecular flexibility index (Phi) is 4.44. The maximum atomic E-state index is 11.7. The van der Waals surface area contributed by atoms with Crippen LogP contribution in [-0.4, -0.2) is 35.6 Å². The van der Waals surface area contributed by atoms with Crippen molar-refractivity contribution in [3.05, 3.63) is 22.7 Å². The predicted octanol–water partition coefficient (Wildman–Crippen LogP) is 1.40. The molecule has 1 aliphatic rings. The summed E-state index contributed by atoms with van der Waals surface area (Å²) in [5.74, 6) is 0.493. The molecular formula is C11H14BrN3O2. The van der Waals surface area contributed by atoms with E-state index in [0.717, 1.165) is 30.5 Å². The van der Waals surface area contributed by atoms with Gasteiger partial charge in [0, 0.05) is 32.2 Å². The molecule has 1 amide bonds. The number of halogens is 1. The fourth-order valence-electron chi connectivity index (χ4n) is 1.70. The number of aromatic nitrogens is 2. The number of nitrogens with one attached hydrogen (secondary N) is 1. The van der Waals surface area contributed by atoms with Crippen LogP contribution in [-0.2, 0) is 4.74 Å². The molecule has 0 spiro atoms. The summed E-state index contributed by atoms with van der Waals surface area (Å²) in [6.45, 7) is 2.24. The Bertz CT molecular complexity index is 377. The molecule has 1 fully saturated rings. The molecule has 0 radical (unpaired) electrons. The van der Waals surface area contributed by atoms with Crippen LogP contribution < -0.4 is 5.32 Å². The number of hydrogen-bond donors (Lipinski definition) is 1. The van der Waals surface area contributed by atoms with Gasteiger partial charge in [0.05, 0.1) is 4.47 Å². The minimum atomic E-state index is -0.219. The van der Waals surface area contributed by atoms with Crippen LogP contribution >= 0.6 is 15.9 Å². The summed E-state index contributed by atoms with van der Waals surface area (Å²) >= 11 is 3.23. The lowest BCUT2D eigenvalue weighted by molar-refractivity contribution is 0.0641. The molecule has 92 valence electrons. The van der Waals surface area contributed by atoms with E-state index in [4.69, 9.17) is 4.74 Å². The molecule has 0 atom stereocenters. The zero-order valence-electron chi connectivity index (χ0n) is 9.36. The molecule has 2 heterocycles. The number of rotatable bonds is 3. The summed E-state index contributed by atoms with van der Waals surface area (Å²) in [4.78, 5) is 19.6. The molecular weight excluding hydrogens is 286 g/mol. The monoisotopic (exact) mass is 299 g/mol. The highest BCUT2D eigenvalue weighted by Crippen LogP contribution is 2.13. The number of nitrogens with zero attached hydrogens (tertiary/aromatic N) is 2. The molecule has 1 aliphatic heterocycles. The topological polar surface area (TPSA) is 64.1 Å². The van der Waals surface area contributed by atoms with Crippen LogP contribution in [0.3, 0.4) is 0 Å². The third kappa shape index (κ3) is 3.74. The van der Waals surface area contributed by atoms with Crippen LogP contribution in [0.1, 0.15) is 23.5 Å². The van der Waals surface area contributed by atoms with Gasteiger partial charge >= 0.3 is 0 Å². The van der Waals surface area contributed by atoms with Gasteiger partial charge in [0.1, 0.15) is 0 Å². The van der Waals surface area contributed by atoms with Crippen LogP contribution in [0.5, 0.6) is 0 Å². The number of ether oxygens (including phenoxy) is 1. The van der Waals surface area contributed by atoms with Gasteiger partial charge in [-0.05, 0) is 34.7 Å². The smallest absolute Gasteiger partial charge is 0.289 e. The van der Waals surface area contributed by atoms with Gasteiger partial charge in [0.15, 0.2) is 0 Å². The minimum absolute atomic E-state index is 0.209. The Hall–Kier alpha value is -1.01. The fourth-order valence-corrected chi connectivity index (χ4v) is 1.90. The van der Waals surface area contributed by atoms with Gasteiger partial charge in [-0.15, -0.1) is 0 Å². The molecule has 17 heavy (non-hydrogen) atoms. The average Bonchev–Trinajstić information content (AvgIpc) is 2.38. The zero-order valence-corrected chi connectivity index (χ0v) is 10.9. The highest BCUT2D eigenvalue weighted by Gasteiger charge is 2.16. The molecule has 1 aromatic rings. The van der Waals surface area contributed by atoms with Crippen LogP contribution in [0.4, 0.5) is 0 Å². The van der Waals surface area contributed by atoms with E-state index in [0.29, 0.717) is 12.5 Å². The number of hydrogen-bond acceptors (Lipinski definition) is 4. The molecule has 6 heteroatoms. The predicted molar refractivity (Wildman–Crippen MR) is 65.6 cm³/mol. The summed E-state index contributed by atoms with van der Waals surface area (Å²) < 4.78 is 6.02. The van der Waals surface area contributed by atoms with Gasteiger partial charge < -0.3 is 10.1 Å². The van der Waals surface area contributed by atoms with Crippen LogP contribution in [0.25, 0.3) is 0 Å². The first-order valence-electron chi connectivity index (χ1n) is 5.59. The Morgan fingerprint density at radius 3 is 2.71 bits per heavy atom. The average molecular weight is 300 g/mol. The SMILES string of the molecule is O=C(NCC1CCOCC1)c1ncc(Br)cn1. The number of amides is 1. The summed E-state index contributed by atoms with van der Waals surface area (Å²) in [5, 5.41) is 2.85. The Labute approximate surface area is 108 Å². The van der Waals surface area contributed by atoms with E-state index in [1.165, 1.54) is 0 Å². The summed E-state index contributed by atoms with van der Waals surface area (Å²) in [5.41, 5.74) is 0. The Morgan fingerprint density at radius 1 is 1.41 bits per heavy atom. The van der Waals surface area contributed by atoms with E-state index in [9.17, 15) is 4.79 Å². The number of carbonyl (C=O) groups is 1. The maximum Gasteiger partial charge on any atom is 0.289 e. The summed E-state index contributed by atoms with van der Waals surface area (Å²) in [6.07, 6.45) is 5.13. The first-order chi connectivity index (χ1) is 8.25. The van der Waals surface area contributed by atoms with Gasteiger partial charge in [0.25, 0.3) is 5.91 Å². The zero-order chi connectivity index (χ0) is 12.1. The van der Waals surface area contributed by atoms with Gasteiger partial charge in [0.2, 0.25) is 5.82 Å².